The number of urea groups is 2. The molecule has 0 bridgehead atoms. The Morgan fingerprint density at radius 3 is 2.25 bits per heavy atom. The highest BCUT2D eigenvalue weighted by molar-refractivity contribution is 5.96. The van der Waals surface area contributed by atoms with Crippen LogP contribution in [-0.4, -0.2) is 42.0 Å². The van der Waals surface area contributed by atoms with Gasteiger partial charge in [-0.3, -0.25) is 4.79 Å². The number of nitrogens with one attached hydrogen (secondary N) is 3. The summed E-state index contributed by atoms with van der Waals surface area (Å²) in [5, 5.41) is 8.30. The van der Waals surface area contributed by atoms with E-state index in [9.17, 15) is 14.4 Å². The fraction of sp³-hybridized carbons (Fsp3) is 0.250. The monoisotopic (exact) mass is 381 g/mol. The van der Waals surface area contributed by atoms with Gasteiger partial charge in [0.05, 0.1) is 0 Å². The largest absolute Gasteiger partial charge is 0.351 e. The van der Waals surface area contributed by atoms with E-state index in [0.29, 0.717) is 37.2 Å². The normalized spacial score (nSPS) is 14.2. The first-order valence-electron chi connectivity index (χ1n) is 9.09. The molecule has 1 saturated heterocycles. The molecule has 1 aliphatic rings. The van der Waals surface area contributed by atoms with Crippen molar-refractivity contribution in [2.75, 3.05) is 23.7 Å². The molecule has 1 fully saturated rings. The van der Waals surface area contributed by atoms with Crippen molar-refractivity contribution >= 4 is 29.3 Å². The summed E-state index contributed by atoms with van der Waals surface area (Å²) < 4.78 is 0. The van der Waals surface area contributed by atoms with Crippen LogP contribution in [0.3, 0.4) is 0 Å². The second-order valence-corrected chi connectivity index (χ2v) is 6.60. The number of carbonyl (C=O) groups is 3. The fourth-order valence-electron chi connectivity index (χ4n) is 3.10. The SMILES string of the molecule is NC(=O)Nc1cccc(C(=O)NC2CCN(C(=O)Nc3ccccc3)CC2)c1. The van der Waals surface area contributed by atoms with Gasteiger partial charge in [-0.25, -0.2) is 9.59 Å². The summed E-state index contributed by atoms with van der Waals surface area (Å²) in [6.45, 7) is 1.12. The number of hydrogen-bond acceptors (Lipinski definition) is 3. The predicted molar refractivity (Wildman–Crippen MR) is 107 cm³/mol. The summed E-state index contributed by atoms with van der Waals surface area (Å²) in [7, 11) is 0. The Hall–Kier alpha value is -3.55. The van der Waals surface area contributed by atoms with Gasteiger partial charge < -0.3 is 26.6 Å². The van der Waals surface area contributed by atoms with Gasteiger partial charge in [-0.2, -0.15) is 0 Å². The van der Waals surface area contributed by atoms with Gasteiger partial charge in [-0.15, -0.1) is 0 Å². The summed E-state index contributed by atoms with van der Waals surface area (Å²) in [5.41, 5.74) is 6.76. The Morgan fingerprint density at radius 1 is 0.893 bits per heavy atom. The number of carbonyl (C=O) groups excluding carboxylic acids is 3. The molecule has 1 aliphatic heterocycles. The van der Waals surface area contributed by atoms with Gasteiger partial charge in [0.25, 0.3) is 5.91 Å². The lowest BCUT2D eigenvalue weighted by Gasteiger charge is -2.32. The summed E-state index contributed by atoms with van der Waals surface area (Å²) in [5.74, 6) is -0.222. The van der Waals surface area contributed by atoms with Crippen LogP contribution in [0.15, 0.2) is 54.6 Å². The minimum atomic E-state index is -0.682. The van der Waals surface area contributed by atoms with E-state index in [1.54, 1.807) is 29.2 Å². The zero-order chi connectivity index (χ0) is 19.9. The molecule has 0 aromatic heterocycles. The quantitative estimate of drug-likeness (QED) is 0.652. The standard InChI is InChI=1S/C20H23N5O3/c21-19(27)23-17-8-4-5-14(13-17)18(26)22-16-9-11-25(12-10-16)20(28)24-15-6-2-1-3-7-15/h1-8,13,16H,9-12H2,(H,22,26)(H,24,28)(H3,21,23,27). The Morgan fingerprint density at radius 2 is 1.57 bits per heavy atom. The van der Waals surface area contributed by atoms with Gasteiger partial charge in [0.2, 0.25) is 0 Å². The Bertz CT molecular complexity index is 848. The van der Waals surface area contributed by atoms with E-state index in [-0.39, 0.29) is 18.0 Å². The maximum absolute atomic E-state index is 12.5. The molecule has 0 atom stereocenters. The van der Waals surface area contributed by atoms with E-state index in [1.165, 1.54) is 0 Å². The molecule has 28 heavy (non-hydrogen) atoms. The van der Waals surface area contributed by atoms with Gasteiger partial charge in [0.15, 0.2) is 0 Å². The topological polar surface area (TPSA) is 117 Å². The number of amides is 5. The third kappa shape index (κ3) is 5.23. The molecule has 0 unspecified atom stereocenters. The Labute approximate surface area is 163 Å². The van der Waals surface area contributed by atoms with Crippen LogP contribution in [0.1, 0.15) is 23.2 Å². The zero-order valence-electron chi connectivity index (χ0n) is 15.4. The van der Waals surface area contributed by atoms with Crippen molar-refractivity contribution in [1.29, 1.82) is 0 Å². The highest BCUT2D eigenvalue weighted by Crippen LogP contribution is 2.15. The smallest absolute Gasteiger partial charge is 0.321 e. The van der Waals surface area contributed by atoms with Gasteiger partial charge in [0.1, 0.15) is 0 Å². The van der Waals surface area contributed by atoms with Crippen molar-refractivity contribution in [1.82, 2.24) is 10.2 Å². The van der Waals surface area contributed by atoms with Crippen LogP contribution in [-0.2, 0) is 0 Å². The van der Waals surface area contributed by atoms with E-state index < -0.39 is 6.03 Å². The number of para-hydroxylation sites is 1. The average Bonchev–Trinajstić information content (AvgIpc) is 2.69. The number of anilines is 2. The third-order valence-electron chi connectivity index (χ3n) is 4.53. The van der Waals surface area contributed by atoms with Crippen LogP contribution in [0.2, 0.25) is 0 Å². The first kappa shape index (κ1) is 19.2. The van der Waals surface area contributed by atoms with Crippen LogP contribution >= 0.6 is 0 Å². The number of nitrogens with two attached hydrogens (primary N) is 1. The first-order valence-corrected chi connectivity index (χ1v) is 9.09. The molecular weight excluding hydrogens is 358 g/mol. The van der Waals surface area contributed by atoms with E-state index in [2.05, 4.69) is 16.0 Å². The highest BCUT2D eigenvalue weighted by Gasteiger charge is 2.24. The van der Waals surface area contributed by atoms with Crippen molar-refractivity contribution in [2.24, 2.45) is 5.73 Å². The maximum Gasteiger partial charge on any atom is 0.321 e. The van der Waals surface area contributed by atoms with Gasteiger partial charge in [0, 0.05) is 36.1 Å². The number of rotatable bonds is 4. The van der Waals surface area contributed by atoms with Crippen molar-refractivity contribution in [3.63, 3.8) is 0 Å². The maximum atomic E-state index is 12.5. The molecule has 1 heterocycles. The number of piperidine rings is 1. The molecule has 0 aliphatic carbocycles. The zero-order valence-corrected chi connectivity index (χ0v) is 15.4. The lowest BCUT2D eigenvalue weighted by molar-refractivity contribution is 0.0919. The third-order valence-corrected chi connectivity index (χ3v) is 4.53. The molecule has 0 saturated carbocycles. The Kier molecular flexibility index (Phi) is 6.11. The molecule has 5 amide bonds. The Balaban J connectivity index is 1.49. The average molecular weight is 381 g/mol. The minimum absolute atomic E-state index is 0.0129. The van der Waals surface area contributed by atoms with Crippen molar-refractivity contribution < 1.29 is 14.4 Å². The highest BCUT2D eigenvalue weighted by atomic mass is 16.2. The van der Waals surface area contributed by atoms with Gasteiger partial charge >= 0.3 is 12.1 Å². The van der Waals surface area contributed by atoms with Crippen molar-refractivity contribution in [3.8, 4) is 0 Å². The molecule has 5 N–H and O–H groups in total. The number of likely N-dealkylation sites (tertiary alicyclic amines) is 1. The number of benzene rings is 2. The summed E-state index contributed by atoms with van der Waals surface area (Å²) >= 11 is 0. The fourth-order valence-corrected chi connectivity index (χ4v) is 3.10. The number of nitrogens with zero attached hydrogens (tertiary/aromatic N) is 1. The summed E-state index contributed by atoms with van der Waals surface area (Å²) in [4.78, 5) is 37.5. The first-order chi connectivity index (χ1) is 13.5. The second-order valence-electron chi connectivity index (χ2n) is 6.60. The van der Waals surface area contributed by atoms with Crippen LogP contribution in [0.5, 0.6) is 0 Å². The van der Waals surface area contributed by atoms with Crippen molar-refractivity contribution in [3.05, 3.63) is 60.2 Å². The van der Waals surface area contributed by atoms with Gasteiger partial charge in [-0.1, -0.05) is 24.3 Å². The lowest BCUT2D eigenvalue weighted by Crippen LogP contribution is -2.47. The van der Waals surface area contributed by atoms with Crippen LogP contribution in [0, 0.1) is 0 Å². The van der Waals surface area contributed by atoms with Crippen molar-refractivity contribution in [2.45, 2.75) is 18.9 Å². The molecule has 8 heteroatoms. The van der Waals surface area contributed by atoms with E-state index in [0.717, 1.165) is 5.69 Å². The van der Waals surface area contributed by atoms with Gasteiger partial charge in [-0.05, 0) is 43.2 Å². The van der Waals surface area contributed by atoms with E-state index in [1.807, 2.05) is 30.3 Å². The van der Waals surface area contributed by atoms with E-state index in [4.69, 9.17) is 5.73 Å². The van der Waals surface area contributed by atoms with Crippen LogP contribution in [0.4, 0.5) is 21.0 Å². The number of primary amides is 1. The molecule has 2 aromatic carbocycles. The summed E-state index contributed by atoms with van der Waals surface area (Å²) in [6, 6.07) is 15.0. The van der Waals surface area contributed by atoms with E-state index >= 15 is 0 Å². The summed E-state index contributed by atoms with van der Waals surface area (Å²) in [6.07, 6.45) is 1.35. The second kappa shape index (κ2) is 8.90. The molecule has 0 spiro atoms. The minimum Gasteiger partial charge on any atom is -0.351 e. The number of hydrogen-bond donors (Lipinski definition) is 4. The lowest BCUT2D eigenvalue weighted by atomic mass is 10.0. The molecule has 8 nitrogen and oxygen atoms in total. The molecule has 2 aromatic rings. The van der Waals surface area contributed by atoms with Crippen LogP contribution in [0.25, 0.3) is 0 Å². The molecule has 0 radical (unpaired) electrons. The molecule has 3 rings (SSSR count). The molecule has 146 valence electrons. The van der Waals surface area contributed by atoms with Crippen LogP contribution < -0.4 is 21.7 Å². The molecular formula is C20H23N5O3. The predicted octanol–water partition coefficient (Wildman–Crippen LogP) is 2.60.